The summed E-state index contributed by atoms with van der Waals surface area (Å²) in [5.74, 6) is 1.39. The van der Waals surface area contributed by atoms with Crippen molar-refractivity contribution in [3.63, 3.8) is 0 Å². The summed E-state index contributed by atoms with van der Waals surface area (Å²) in [4.78, 5) is 14.6. The number of hydrogen-bond acceptors (Lipinski definition) is 4. The van der Waals surface area contributed by atoms with Crippen molar-refractivity contribution in [3.05, 3.63) is 53.6 Å². The molecular weight excluding hydrogens is 328 g/mol. The molecule has 0 spiro atoms. The van der Waals surface area contributed by atoms with Crippen LogP contribution < -0.4 is 14.8 Å². The summed E-state index contributed by atoms with van der Waals surface area (Å²) >= 11 is 0. The zero-order valence-corrected chi connectivity index (χ0v) is 15.5. The number of rotatable bonds is 6. The zero-order valence-electron chi connectivity index (χ0n) is 15.5. The smallest absolute Gasteiger partial charge is 0.238 e. The van der Waals surface area contributed by atoms with E-state index in [1.807, 2.05) is 18.2 Å². The molecule has 138 valence electrons. The number of benzene rings is 2. The summed E-state index contributed by atoms with van der Waals surface area (Å²) in [6, 6.07) is 13.9. The maximum atomic E-state index is 12.5. The molecule has 5 heteroatoms. The van der Waals surface area contributed by atoms with Crippen molar-refractivity contribution in [3.8, 4) is 11.5 Å². The summed E-state index contributed by atoms with van der Waals surface area (Å²) in [5.41, 5.74) is 3.18. The first kappa shape index (κ1) is 18.3. The van der Waals surface area contributed by atoms with Gasteiger partial charge in [0.2, 0.25) is 5.91 Å². The van der Waals surface area contributed by atoms with Crippen molar-refractivity contribution in [2.45, 2.75) is 26.8 Å². The fourth-order valence-corrected chi connectivity index (χ4v) is 2.99. The molecule has 1 heterocycles. The van der Waals surface area contributed by atoms with E-state index in [-0.39, 0.29) is 5.91 Å². The number of nitrogens with one attached hydrogen (secondary N) is 1. The largest absolute Gasteiger partial charge is 0.490 e. The van der Waals surface area contributed by atoms with Crippen molar-refractivity contribution in [2.24, 2.45) is 0 Å². The average molecular weight is 354 g/mol. The highest BCUT2D eigenvalue weighted by Crippen LogP contribution is 2.32. The van der Waals surface area contributed by atoms with Crippen LogP contribution in [-0.4, -0.2) is 37.1 Å². The molecule has 5 nitrogen and oxygen atoms in total. The van der Waals surface area contributed by atoms with Gasteiger partial charge in [-0.15, -0.1) is 0 Å². The van der Waals surface area contributed by atoms with Gasteiger partial charge in [-0.2, -0.15) is 0 Å². The van der Waals surface area contributed by atoms with E-state index in [1.165, 1.54) is 11.1 Å². The standard InChI is InChI=1S/C21H26N2O3/c1-3-23(14-17-7-4-6-16(2)12-17)15-21(24)22-18-8-9-19-20(13-18)26-11-5-10-25-19/h4,6-9,12-13H,3,5,10-11,14-15H2,1-2H3,(H,22,24). The highest BCUT2D eigenvalue weighted by Gasteiger charge is 2.14. The Hall–Kier alpha value is -2.53. The molecule has 0 fully saturated rings. The Kier molecular flexibility index (Phi) is 6.12. The van der Waals surface area contributed by atoms with Gasteiger partial charge in [0.15, 0.2) is 11.5 Å². The van der Waals surface area contributed by atoms with Crippen LogP contribution in [0.3, 0.4) is 0 Å². The number of carbonyl (C=O) groups is 1. The topological polar surface area (TPSA) is 50.8 Å². The van der Waals surface area contributed by atoms with Gasteiger partial charge in [0.25, 0.3) is 0 Å². The number of nitrogens with zero attached hydrogens (tertiary/aromatic N) is 1. The highest BCUT2D eigenvalue weighted by atomic mass is 16.5. The molecule has 1 N–H and O–H groups in total. The van der Waals surface area contributed by atoms with Crippen LogP contribution in [0.25, 0.3) is 0 Å². The first-order valence-electron chi connectivity index (χ1n) is 9.11. The number of anilines is 1. The van der Waals surface area contributed by atoms with E-state index in [0.717, 1.165) is 30.9 Å². The van der Waals surface area contributed by atoms with E-state index in [9.17, 15) is 4.79 Å². The molecule has 0 saturated carbocycles. The summed E-state index contributed by atoms with van der Waals surface area (Å²) in [6.45, 7) is 7.34. The Morgan fingerprint density at radius 1 is 1.12 bits per heavy atom. The SMILES string of the molecule is CCN(CC(=O)Nc1ccc2c(c1)OCCCO2)Cc1cccc(C)c1. The Labute approximate surface area is 154 Å². The third kappa shape index (κ3) is 4.99. The van der Waals surface area contributed by atoms with Gasteiger partial charge >= 0.3 is 0 Å². The number of likely N-dealkylation sites (N-methyl/N-ethyl adjacent to an activating group) is 1. The fourth-order valence-electron chi connectivity index (χ4n) is 2.99. The number of carbonyl (C=O) groups excluding carboxylic acids is 1. The molecule has 0 saturated heterocycles. The van der Waals surface area contributed by atoms with Gasteiger partial charge in [0.05, 0.1) is 19.8 Å². The molecule has 1 aliphatic rings. The lowest BCUT2D eigenvalue weighted by Gasteiger charge is -2.20. The van der Waals surface area contributed by atoms with Crippen molar-refractivity contribution >= 4 is 11.6 Å². The second kappa shape index (κ2) is 8.72. The monoisotopic (exact) mass is 354 g/mol. The highest BCUT2D eigenvalue weighted by molar-refractivity contribution is 5.92. The molecule has 0 bridgehead atoms. The normalized spacial score (nSPS) is 13.3. The Bertz CT molecular complexity index is 761. The second-order valence-corrected chi connectivity index (χ2v) is 6.55. The lowest BCUT2D eigenvalue weighted by molar-refractivity contribution is -0.117. The van der Waals surface area contributed by atoms with Crippen LogP contribution in [0.2, 0.25) is 0 Å². The predicted molar refractivity (Wildman–Crippen MR) is 103 cm³/mol. The number of amides is 1. The van der Waals surface area contributed by atoms with Gasteiger partial charge in [-0.1, -0.05) is 36.8 Å². The first-order valence-corrected chi connectivity index (χ1v) is 9.11. The van der Waals surface area contributed by atoms with Gasteiger partial charge in [-0.25, -0.2) is 0 Å². The molecule has 0 aromatic heterocycles. The summed E-state index contributed by atoms with van der Waals surface area (Å²) < 4.78 is 11.3. The molecule has 0 radical (unpaired) electrons. The summed E-state index contributed by atoms with van der Waals surface area (Å²) in [6.07, 6.45) is 0.862. The minimum Gasteiger partial charge on any atom is -0.490 e. The van der Waals surface area contributed by atoms with Crippen molar-refractivity contribution < 1.29 is 14.3 Å². The van der Waals surface area contributed by atoms with E-state index in [4.69, 9.17) is 9.47 Å². The van der Waals surface area contributed by atoms with E-state index in [0.29, 0.717) is 25.5 Å². The third-order valence-electron chi connectivity index (χ3n) is 4.33. The van der Waals surface area contributed by atoms with Crippen molar-refractivity contribution in [1.82, 2.24) is 4.90 Å². The van der Waals surface area contributed by atoms with E-state index in [2.05, 4.69) is 48.3 Å². The number of fused-ring (bicyclic) bond motifs is 1. The third-order valence-corrected chi connectivity index (χ3v) is 4.33. The minimum atomic E-state index is -0.0333. The second-order valence-electron chi connectivity index (χ2n) is 6.55. The lowest BCUT2D eigenvalue weighted by atomic mass is 10.1. The van der Waals surface area contributed by atoms with Gasteiger partial charge in [-0.3, -0.25) is 9.69 Å². The maximum Gasteiger partial charge on any atom is 0.238 e. The molecular formula is C21H26N2O3. The van der Waals surface area contributed by atoms with Crippen molar-refractivity contribution in [1.29, 1.82) is 0 Å². The molecule has 0 unspecified atom stereocenters. The predicted octanol–water partition coefficient (Wildman–Crippen LogP) is 3.62. The minimum absolute atomic E-state index is 0.0333. The van der Waals surface area contributed by atoms with E-state index in [1.54, 1.807) is 0 Å². The van der Waals surface area contributed by atoms with Crippen LogP contribution in [-0.2, 0) is 11.3 Å². The quantitative estimate of drug-likeness (QED) is 0.861. The molecule has 2 aromatic rings. The van der Waals surface area contributed by atoms with Crippen LogP contribution in [0.1, 0.15) is 24.5 Å². The molecule has 1 amide bonds. The maximum absolute atomic E-state index is 12.5. The van der Waals surface area contributed by atoms with Crippen LogP contribution in [0.4, 0.5) is 5.69 Å². The molecule has 0 aliphatic carbocycles. The van der Waals surface area contributed by atoms with E-state index >= 15 is 0 Å². The Balaban J connectivity index is 1.59. The summed E-state index contributed by atoms with van der Waals surface area (Å²) in [7, 11) is 0. The first-order chi connectivity index (χ1) is 12.6. The number of hydrogen-bond donors (Lipinski definition) is 1. The number of ether oxygens (including phenoxy) is 2. The van der Waals surface area contributed by atoms with Gasteiger partial charge in [0.1, 0.15) is 0 Å². The van der Waals surface area contributed by atoms with Crippen LogP contribution in [0.15, 0.2) is 42.5 Å². The average Bonchev–Trinajstić information content (AvgIpc) is 2.86. The molecule has 3 rings (SSSR count). The van der Waals surface area contributed by atoms with Gasteiger partial charge in [-0.05, 0) is 31.2 Å². The molecule has 1 aliphatic heterocycles. The zero-order chi connectivity index (χ0) is 18.4. The van der Waals surface area contributed by atoms with Gasteiger partial charge in [0, 0.05) is 24.7 Å². The van der Waals surface area contributed by atoms with Crippen LogP contribution >= 0.6 is 0 Å². The molecule has 26 heavy (non-hydrogen) atoms. The lowest BCUT2D eigenvalue weighted by Crippen LogP contribution is -2.32. The van der Waals surface area contributed by atoms with Gasteiger partial charge < -0.3 is 14.8 Å². The Morgan fingerprint density at radius 3 is 2.69 bits per heavy atom. The fraction of sp³-hybridized carbons (Fsp3) is 0.381. The van der Waals surface area contributed by atoms with Crippen LogP contribution in [0.5, 0.6) is 11.5 Å². The van der Waals surface area contributed by atoms with Crippen LogP contribution in [0, 0.1) is 6.92 Å². The Morgan fingerprint density at radius 2 is 1.92 bits per heavy atom. The summed E-state index contributed by atoms with van der Waals surface area (Å²) in [5, 5.41) is 2.96. The molecule has 2 aromatic carbocycles. The number of aryl methyl sites for hydroxylation is 1. The van der Waals surface area contributed by atoms with E-state index < -0.39 is 0 Å². The molecule has 0 atom stereocenters. The van der Waals surface area contributed by atoms with Crippen molar-refractivity contribution in [2.75, 3.05) is 31.6 Å².